The Kier molecular flexibility index (Phi) is 16.1. The van der Waals surface area contributed by atoms with Gasteiger partial charge in [0.2, 0.25) is 0 Å². The second-order valence-electron chi connectivity index (χ2n) is 14.0. The van der Waals surface area contributed by atoms with Crippen LogP contribution in [0.2, 0.25) is 0 Å². The van der Waals surface area contributed by atoms with Crippen LogP contribution in [0.1, 0.15) is 94.0 Å². The Morgan fingerprint density at radius 3 is 1.67 bits per heavy atom. The molecule has 0 aliphatic carbocycles. The topological polar surface area (TPSA) is 226 Å². The molecule has 5 aromatic rings. The molecule has 1 unspecified atom stereocenters. The summed E-state index contributed by atoms with van der Waals surface area (Å²) in [4.78, 5) is 32.9. The molecule has 0 aromatic heterocycles. The molecule has 0 fully saturated rings. The van der Waals surface area contributed by atoms with Gasteiger partial charge in [-0.1, -0.05) is 81.3 Å². The van der Waals surface area contributed by atoms with Crippen molar-refractivity contribution in [3.63, 3.8) is 0 Å². The van der Waals surface area contributed by atoms with Crippen molar-refractivity contribution in [2.75, 3.05) is 16.1 Å². The SMILES string of the molecule is CCc1cc(C)cc(CC)c1Nc1ccc(C(c2ccc(Nc3c(CC)cc(C)cc3CC)c(C(=O)ON)c2)c2ccc(S(=O)(=O)[O-])cc2S(=O)(=O)O)cc1NOC=O.[Na+]. The summed E-state index contributed by atoms with van der Waals surface area (Å²) in [6.45, 7) is 12.3. The van der Waals surface area contributed by atoms with Crippen molar-refractivity contribution in [1.82, 2.24) is 0 Å². The van der Waals surface area contributed by atoms with Gasteiger partial charge in [0.05, 0.1) is 32.4 Å². The van der Waals surface area contributed by atoms with Crippen molar-refractivity contribution in [1.29, 1.82) is 0 Å². The van der Waals surface area contributed by atoms with Crippen LogP contribution in [0.5, 0.6) is 0 Å². The standard InChI is InChI=1S/C43H48N4O10S2.Na/c1-7-27-17-25(5)18-28(8-2)41(27)45-36-15-11-31(21-35(36)43(49)57-44)40(34-14-13-33(58(50,51)52)23-39(34)59(53,54)55)32-12-16-37(38(22-32)47-56-24-48)46-42-29(9-3)19-26(6)20-30(42)10-4;/h11-24,40,45-47H,7-10,44H2,1-6H3,(H,50,51,52)(H,53,54,55);/q;+1/p-1. The third-order valence-electron chi connectivity index (χ3n) is 10.1. The van der Waals surface area contributed by atoms with Gasteiger partial charge in [-0.2, -0.15) is 14.3 Å². The molecule has 0 aliphatic rings. The van der Waals surface area contributed by atoms with Crippen LogP contribution >= 0.6 is 0 Å². The number of benzene rings is 5. The molecule has 0 amide bonds. The van der Waals surface area contributed by atoms with Crippen molar-refractivity contribution in [3.05, 3.63) is 134 Å². The van der Waals surface area contributed by atoms with Crippen molar-refractivity contribution in [3.8, 4) is 0 Å². The van der Waals surface area contributed by atoms with Crippen molar-refractivity contribution in [2.45, 2.75) is 82.9 Å². The maximum Gasteiger partial charge on any atom is 1.00 e. The summed E-state index contributed by atoms with van der Waals surface area (Å²) in [7, 11) is -10.4. The Balaban J connectivity index is 0.00000794. The molecule has 0 heterocycles. The summed E-state index contributed by atoms with van der Waals surface area (Å²) in [5.41, 5.74) is 11.9. The molecule has 6 N–H and O–H groups in total. The predicted molar refractivity (Wildman–Crippen MR) is 225 cm³/mol. The summed E-state index contributed by atoms with van der Waals surface area (Å²) in [5.74, 6) is 3.31. The van der Waals surface area contributed by atoms with Gasteiger partial charge in [0.15, 0.2) is 0 Å². The van der Waals surface area contributed by atoms with Gasteiger partial charge in [-0.3, -0.25) is 9.35 Å². The van der Waals surface area contributed by atoms with E-state index >= 15 is 0 Å². The van der Waals surface area contributed by atoms with Crippen LogP contribution in [0.3, 0.4) is 0 Å². The van der Waals surface area contributed by atoms with Gasteiger partial charge in [0.1, 0.15) is 10.1 Å². The van der Waals surface area contributed by atoms with E-state index in [-0.39, 0.29) is 58.4 Å². The minimum absolute atomic E-state index is 0. The fourth-order valence-corrected chi connectivity index (χ4v) is 8.71. The first-order valence-electron chi connectivity index (χ1n) is 18.9. The van der Waals surface area contributed by atoms with Crippen molar-refractivity contribution < 1.29 is 74.8 Å². The van der Waals surface area contributed by atoms with Crippen LogP contribution in [0.4, 0.5) is 28.4 Å². The number of carbonyl (C=O) groups is 2. The average molecular weight is 867 g/mol. The molecule has 1 atom stereocenters. The minimum Gasteiger partial charge on any atom is -0.744 e. The number of anilines is 5. The van der Waals surface area contributed by atoms with Gasteiger partial charge in [-0.05, 0) is 115 Å². The Morgan fingerprint density at radius 2 is 1.22 bits per heavy atom. The summed E-state index contributed by atoms with van der Waals surface area (Å²) in [6, 6.07) is 20.4. The maximum atomic E-state index is 13.4. The molecule has 14 nitrogen and oxygen atoms in total. The zero-order valence-corrected chi connectivity index (χ0v) is 38.1. The van der Waals surface area contributed by atoms with E-state index in [0.717, 1.165) is 56.9 Å². The molecule has 0 aliphatic heterocycles. The Labute approximate surface area is 373 Å². The summed E-state index contributed by atoms with van der Waals surface area (Å²) < 4.78 is 72.7. The second kappa shape index (κ2) is 20.2. The largest absolute Gasteiger partial charge is 1.00 e. The van der Waals surface area contributed by atoms with Gasteiger partial charge in [-0.15, -0.1) is 0 Å². The first-order valence-corrected chi connectivity index (χ1v) is 21.7. The zero-order chi connectivity index (χ0) is 43.2. The molecular formula is C43H47N4NaO10S2. The molecule has 5 aromatic carbocycles. The summed E-state index contributed by atoms with van der Waals surface area (Å²) >= 11 is 0. The van der Waals surface area contributed by atoms with Crippen molar-refractivity contribution in [2.24, 2.45) is 5.90 Å². The fraction of sp³-hybridized carbons (Fsp3) is 0.256. The summed E-state index contributed by atoms with van der Waals surface area (Å²) in [6.07, 6.45) is 2.78. The number of hydrogen-bond donors (Lipinski definition) is 5. The molecule has 312 valence electrons. The van der Waals surface area contributed by atoms with E-state index in [1.807, 2.05) is 53.7 Å². The molecule has 0 spiro atoms. The maximum absolute atomic E-state index is 13.4. The number of carbonyl (C=O) groups excluding carboxylic acids is 2. The first kappa shape index (κ1) is 47.9. The normalized spacial score (nSPS) is 11.9. The average Bonchev–Trinajstić information content (AvgIpc) is 3.20. The number of nitrogens with two attached hydrogens (primary N) is 1. The number of nitrogens with one attached hydrogen (secondary N) is 3. The van der Waals surface area contributed by atoms with E-state index in [1.54, 1.807) is 30.3 Å². The number of hydrogen-bond acceptors (Lipinski definition) is 13. The van der Waals surface area contributed by atoms with E-state index in [1.165, 1.54) is 6.07 Å². The summed E-state index contributed by atoms with van der Waals surface area (Å²) in [5, 5.41) is 6.84. The van der Waals surface area contributed by atoms with Gasteiger partial charge in [-0.25, -0.2) is 18.7 Å². The molecule has 17 heteroatoms. The Morgan fingerprint density at radius 1 is 0.733 bits per heavy atom. The minimum atomic E-state index is -5.19. The van der Waals surface area contributed by atoms with E-state index in [0.29, 0.717) is 48.7 Å². The smallest absolute Gasteiger partial charge is 0.744 e. The van der Waals surface area contributed by atoms with Gasteiger partial charge in [0.25, 0.3) is 10.1 Å². The fourth-order valence-electron chi connectivity index (χ4n) is 7.38. The molecule has 0 saturated carbocycles. The van der Waals surface area contributed by atoms with E-state index in [4.69, 9.17) is 15.6 Å². The van der Waals surface area contributed by atoms with Crippen LogP contribution in [-0.2, 0) is 60.4 Å². The molecular weight excluding hydrogens is 820 g/mol. The second-order valence-corrected chi connectivity index (χ2v) is 16.7. The predicted octanol–water partition coefficient (Wildman–Crippen LogP) is 4.91. The van der Waals surface area contributed by atoms with Gasteiger partial charge in [0, 0.05) is 17.3 Å². The van der Waals surface area contributed by atoms with Crippen LogP contribution in [0, 0.1) is 13.8 Å². The third kappa shape index (κ3) is 10.7. The molecule has 5 rings (SSSR count). The molecule has 0 radical (unpaired) electrons. The van der Waals surface area contributed by atoms with Gasteiger partial charge >= 0.3 is 42.0 Å². The third-order valence-corrected chi connectivity index (χ3v) is 11.8. The van der Waals surface area contributed by atoms with E-state index in [9.17, 15) is 35.5 Å². The zero-order valence-electron chi connectivity index (χ0n) is 34.5. The monoisotopic (exact) mass is 866 g/mol. The van der Waals surface area contributed by atoms with Gasteiger partial charge < -0.3 is 24.9 Å². The first-order chi connectivity index (χ1) is 28.0. The van der Waals surface area contributed by atoms with Crippen LogP contribution in [0.25, 0.3) is 0 Å². The molecule has 0 bridgehead atoms. The number of aryl methyl sites for hydroxylation is 6. The Hall–Kier alpha value is -4.78. The van der Waals surface area contributed by atoms with Crippen molar-refractivity contribution >= 4 is 61.1 Å². The van der Waals surface area contributed by atoms with E-state index < -0.39 is 41.9 Å². The van der Waals surface area contributed by atoms with Crippen LogP contribution in [0.15, 0.2) is 88.7 Å². The Bertz CT molecular complexity index is 2590. The molecule has 0 saturated heterocycles. The number of rotatable bonds is 17. The van der Waals surface area contributed by atoms with Crippen LogP contribution in [-0.4, -0.2) is 38.4 Å². The quantitative estimate of drug-likeness (QED) is 0.0276. The van der Waals surface area contributed by atoms with E-state index in [2.05, 4.69) is 28.2 Å². The van der Waals surface area contributed by atoms with Crippen LogP contribution < -0.4 is 51.6 Å². The molecule has 60 heavy (non-hydrogen) atoms.